The Morgan fingerprint density at radius 2 is 1.68 bits per heavy atom. The molecule has 152 valence electrons. The van der Waals surface area contributed by atoms with Crippen LogP contribution in [0.2, 0.25) is 0 Å². The molecule has 0 atom stereocenters. The number of carbonyl (C=O) groups excluding carboxylic acids is 1. The van der Waals surface area contributed by atoms with Gasteiger partial charge in [0.05, 0.1) is 33.5 Å². The molecule has 0 unspecified atom stereocenters. The number of nitrogens with one attached hydrogen (secondary N) is 2. The van der Waals surface area contributed by atoms with E-state index in [-0.39, 0.29) is 5.91 Å². The van der Waals surface area contributed by atoms with Gasteiger partial charge in [0.15, 0.2) is 0 Å². The number of para-hydroxylation sites is 2. The van der Waals surface area contributed by atoms with Gasteiger partial charge in [-0.05, 0) is 37.3 Å². The van der Waals surface area contributed by atoms with Crippen molar-refractivity contribution >= 4 is 28.0 Å². The van der Waals surface area contributed by atoms with Crippen molar-refractivity contribution in [2.45, 2.75) is 13.3 Å². The van der Waals surface area contributed by atoms with Crippen LogP contribution in [-0.4, -0.2) is 32.4 Å². The number of benzene rings is 3. The molecule has 2 N–H and O–H groups in total. The number of rotatable bonds is 5. The van der Waals surface area contributed by atoms with E-state index in [1.165, 1.54) is 0 Å². The highest BCUT2D eigenvalue weighted by atomic mass is 16.1. The molecule has 0 aliphatic carbocycles. The van der Waals surface area contributed by atoms with Gasteiger partial charge in [0.25, 0.3) is 5.91 Å². The maximum absolute atomic E-state index is 12.7. The summed E-state index contributed by atoms with van der Waals surface area (Å²) in [5, 5.41) is 2.97. The van der Waals surface area contributed by atoms with E-state index in [4.69, 9.17) is 4.98 Å². The van der Waals surface area contributed by atoms with E-state index >= 15 is 0 Å². The molecule has 2 heterocycles. The number of hydrogen-bond acceptors (Lipinski definition) is 4. The standard InChI is InChI=1S/C25H21N5O/c1-16-24(17-7-3-2-4-8-17)30-22-15-18(11-12-21(22)27-16)25(31)26-14-13-23-28-19-9-5-6-10-20(19)29-23/h2-12,15H,13-14H2,1H3,(H,26,31)(H,28,29). The number of carbonyl (C=O) groups is 1. The summed E-state index contributed by atoms with van der Waals surface area (Å²) < 4.78 is 0. The lowest BCUT2D eigenvalue weighted by atomic mass is 10.1. The van der Waals surface area contributed by atoms with Gasteiger partial charge in [-0.3, -0.25) is 4.79 Å². The van der Waals surface area contributed by atoms with E-state index in [9.17, 15) is 4.79 Å². The third kappa shape index (κ3) is 3.88. The van der Waals surface area contributed by atoms with Crippen LogP contribution in [0.3, 0.4) is 0 Å². The minimum Gasteiger partial charge on any atom is -0.352 e. The van der Waals surface area contributed by atoms with Crippen molar-refractivity contribution in [1.82, 2.24) is 25.3 Å². The third-order valence-corrected chi connectivity index (χ3v) is 5.23. The topological polar surface area (TPSA) is 83.6 Å². The van der Waals surface area contributed by atoms with Gasteiger partial charge < -0.3 is 10.3 Å². The molecule has 31 heavy (non-hydrogen) atoms. The zero-order valence-electron chi connectivity index (χ0n) is 17.1. The van der Waals surface area contributed by atoms with Gasteiger partial charge in [0.2, 0.25) is 0 Å². The van der Waals surface area contributed by atoms with Crippen LogP contribution in [0, 0.1) is 6.92 Å². The van der Waals surface area contributed by atoms with Crippen molar-refractivity contribution in [3.8, 4) is 11.3 Å². The first-order valence-corrected chi connectivity index (χ1v) is 10.2. The molecule has 0 saturated heterocycles. The molecule has 0 fully saturated rings. The summed E-state index contributed by atoms with van der Waals surface area (Å²) >= 11 is 0. The average molecular weight is 407 g/mol. The highest BCUT2D eigenvalue weighted by molar-refractivity contribution is 5.97. The van der Waals surface area contributed by atoms with Gasteiger partial charge in [-0.25, -0.2) is 15.0 Å². The number of hydrogen-bond donors (Lipinski definition) is 2. The highest BCUT2D eigenvalue weighted by Crippen LogP contribution is 2.23. The number of aryl methyl sites for hydroxylation is 1. The zero-order chi connectivity index (χ0) is 21.2. The molecule has 0 aliphatic rings. The van der Waals surface area contributed by atoms with Crippen LogP contribution >= 0.6 is 0 Å². The second-order valence-corrected chi connectivity index (χ2v) is 7.43. The Kier molecular flexibility index (Phi) is 4.88. The number of amides is 1. The van der Waals surface area contributed by atoms with Crippen LogP contribution in [0.4, 0.5) is 0 Å². The minimum absolute atomic E-state index is 0.137. The normalized spacial score (nSPS) is 11.1. The fourth-order valence-electron chi connectivity index (χ4n) is 3.67. The number of aromatic amines is 1. The van der Waals surface area contributed by atoms with Gasteiger partial charge in [-0.2, -0.15) is 0 Å². The molecule has 5 rings (SSSR count). The summed E-state index contributed by atoms with van der Waals surface area (Å²) in [4.78, 5) is 30.0. The Hall–Kier alpha value is -4.06. The monoisotopic (exact) mass is 407 g/mol. The Labute approximate surface area is 179 Å². The summed E-state index contributed by atoms with van der Waals surface area (Å²) in [5.74, 6) is 0.718. The third-order valence-electron chi connectivity index (χ3n) is 5.23. The smallest absolute Gasteiger partial charge is 0.251 e. The van der Waals surface area contributed by atoms with Crippen molar-refractivity contribution < 1.29 is 4.79 Å². The van der Waals surface area contributed by atoms with Gasteiger partial charge in [0.1, 0.15) is 5.82 Å². The van der Waals surface area contributed by atoms with Crippen molar-refractivity contribution in [2.75, 3.05) is 6.54 Å². The highest BCUT2D eigenvalue weighted by Gasteiger charge is 2.11. The molecule has 2 aromatic heterocycles. The fraction of sp³-hybridized carbons (Fsp3) is 0.120. The Morgan fingerprint density at radius 3 is 2.52 bits per heavy atom. The second-order valence-electron chi connectivity index (χ2n) is 7.43. The van der Waals surface area contributed by atoms with Crippen LogP contribution in [0.5, 0.6) is 0 Å². The van der Waals surface area contributed by atoms with E-state index < -0.39 is 0 Å². The number of imidazole rings is 1. The lowest BCUT2D eigenvalue weighted by Crippen LogP contribution is -2.26. The van der Waals surface area contributed by atoms with Crippen LogP contribution < -0.4 is 5.32 Å². The largest absolute Gasteiger partial charge is 0.352 e. The van der Waals surface area contributed by atoms with Crippen LogP contribution in [0.1, 0.15) is 21.9 Å². The summed E-state index contributed by atoms with van der Waals surface area (Å²) in [7, 11) is 0. The van der Waals surface area contributed by atoms with E-state index in [1.807, 2.05) is 67.6 Å². The van der Waals surface area contributed by atoms with Crippen molar-refractivity contribution in [2.24, 2.45) is 0 Å². The number of nitrogens with zero attached hydrogens (tertiary/aromatic N) is 3. The summed E-state index contributed by atoms with van der Waals surface area (Å²) in [5.41, 5.74) is 6.68. The van der Waals surface area contributed by atoms with Crippen LogP contribution in [0.25, 0.3) is 33.3 Å². The Balaban J connectivity index is 1.33. The predicted molar refractivity (Wildman–Crippen MR) is 122 cm³/mol. The van der Waals surface area contributed by atoms with E-state index in [0.717, 1.165) is 39.3 Å². The van der Waals surface area contributed by atoms with E-state index in [1.54, 1.807) is 12.1 Å². The van der Waals surface area contributed by atoms with Crippen molar-refractivity contribution in [3.63, 3.8) is 0 Å². The maximum atomic E-state index is 12.7. The van der Waals surface area contributed by atoms with E-state index in [2.05, 4.69) is 20.3 Å². The molecule has 1 amide bonds. The first-order valence-electron chi connectivity index (χ1n) is 10.2. The van der Waals surface area contributed by atoms with Gasteiger partial charge in [0, 0.05) is 24.1 Å². The molecule has 3 aromatic carbocycles. The molecular weight excluding hydrogens is 386 g/mol. The van der Waals surface area contributed by atoms with Gasteiger partial charge >= 0.3 is 0 Å². The Morgan fingerprint density at radius 1 is 0.871 bits per heavy atom. The molecule has 0 saturated carbocycles. The SMILES string of the molecule is Cc1nc2ccc(C(=O)NCCc3nc4ccccc4[nH]3)cc2nc1-c1ccccc1. The molecule has 6 nitrogen and oxygen atoms in total. The van der Waals surface area contributed by atoms with Crippen molar-refractivity contribution in [1.29, 1.82) is 0 Å². The van der Waals surface area contributed by atoms with E-state index in [0.29, 0.717) is 24.0 Å². The molecular formula is C25H21N5O. The predicted octanol–water partition coefficient (Wildman–Crippen LogP) is 4.45. The molecule has 0 bridgehead atoms. The molecule has 0 spiro atoms. The molecule has 0 aliphatic heterocycles. The zero-order valence-corrected chi connectivity index (χ0v) is 17.1. The molecule has 6 heteroatoms. The maximum Gasteiger partial charge on any atom is 0.251 e. The lowest BCUT2D eigenvalue weighted by molar-refractivity contribution is 0.0954. The van der Waals surface area contributed by atoms with Gasteiger partial charge in [-0.1, -0.05) is 42.5 Å². The van der Waals surface area contributed by atoms with Crippen molar-refractivity contribution in [3.05, 3.63) is 89.9 Å². The summed E-state index contributed by atoms with van der Waals surface area (Å²) in [6, 6.07) is 23.3. The van der Waals surface area contributed by atoms with Crippen LogP contribution in [-0.2, 0) is 6.42 Å². The number of aromatic nitrogens is 4. The quantitative estimate of drug-likeness (QED) is 0.451. The fourth-order valence-corrected chi connectivity index (χ4v) is 3.67. The van der Waals surface area contributed by atoms with Crippen LogP contribution in [0.15, 0.2) is 72.8 Å². The minimum atomic E-state index is -0.137. The number of fused-ring (bicyclic) bond motifs is 2. The summed E-state index contributed by atoms with van der Waals surface area (Å²) in [6.07, 6.45) is 0.630. The molecule has 5 aromatic rings. The summed E-state index contributed by atoms with van der Waals surface area (Å²) in [6.45, 7) is 2.44. The average Bonchev–Trinajstić information content (AvgIpc) is 3.21. The first-order chi connectivity index (χ1) is 15.2. The first kappa shape index (κ1) is 18.9. The lowest BCUT2D eigenvalue weighted by Gasteiger charge is -2.09. The second kappa shape index (κ2) is 7.99. The van der Waals surface area contributed by atoms with Gasteiger partial charge in [-0.15, -0.1) is 0 Å². The number of H-pyrrole nitrogens is 1. The molecule has 0 radical (unpaired) electrons. The Bertz CT molecular complexity index is 1360.